The summed E-state index contributed by atoms with van der Waals surface area (Å²) >= 11 is 5.85. The van der Waals surface area contributed by atoms with Gasteiger partial charge in [-0.05, 0) is 38.8 Å². The molecule has 1 aromatic rings. The van der Waals surface area contributed by atoms with Gasteiger partial charge in [-0.2, -0.15) is 0 Å². The zero-order valence-corrected chi connectivity index (χ0v) is 9.51. The van der Waals surface area contributed by atoms with Crippen molar-refractivity contribution in [3.8, 4) is 0 Å². The van der Waals surface area contributed by atoms with Gasteiger partial charge in [0.15, 0.2) is 0 Å². The second kappa shape index (κ2) is 5.86. The maximum atomic E-state index is 5.85. The number of aromatic nitrogens is 1. The quantitative estimate of drug-likeness (QED) is 0.599. The van der Waals surface area contributed by atoms with E-state index in [0.29, 0.717) is 0 Å². The Morgan fingerprint density at radius 3 is 3.00 bits per heavy atom. The van der Waals surface area contributed by atoms with Crippen LogP contribution in [0.15, 0.2) is 18.3 Å². The first-order valence-electron chi connectivity index (χ1n) is 4.99. The molecule has 1 rings (SSSR count). The predicted molar refractivity (Wildman–Crippen MR) is 62.0 cm³/mol. The molecule has 3 heteroatoms. The number of aryl methyl sites for hydroxylation is 1. The van der Waals surface area contributed by atoms with Crippen LogP contribution in [0.4, 0.5) is 5.69 Å². The molecule has 1 atom stereocenters. The van der Waals surface area contributed by atoms with Crippen molar-refractivity contribution in [3.05, 3.63) is 24.0 Å². The molecule has 14 heavy (non-hydrogen) atoms. The average molecular weight is 213 g/mol. The van der Waals surface area contributed by atoms with E-state index in [1.807, 2.05) is 32.2 Å². The van der Waals surface area contributed by atoms with Crippen molar-refractivity contribution in [3.63, 3.8) is 0 Å². The van der Waals surface area contributed by atoms with Crippen LogP contribution < -0.4 is 5.32 Å². The third-order valence-corrected chi connectivity index (χ3v) is 2.22. The molecule has 0 aliphatic carbocycles. The average Bonchev–Trinajstić information content (AvgIpc) is 2.12. The van der Waals surface area contributed by atoms with Crippen LogP contribution in [0.5, 0.6) is 0 Å². The Morgan fingerprint density at radius 2 is 2.36 bits per heavy atom. The van der Waals surface area contributed by atoms with E-state index >= 15 is 0 Å². The zero-order valence-electron chi connectivity index (χ0n) is 8.76. The molecule has 0 fully saturated rings. The SMILES string of the molecule is Cc1cc(NCCCC(C)Cl)ccn1. The predicted octanol–water partition coefficient (Wildman–Crippen LogP) is 3.21. The minimum atomic E-state index is 0.274. The van der Waals surface area contributed by atoms with Crippen molar-refractivity contribution < 1.29 is 0 Å². The van der Waals surface area contributed by atoms with Gasteiger partial charge in [0.2, 0.25) is 0 Å². The van der Waals surface area contributed by atoms with Crippen LogP contribution in [0.3, 0.4) is 0 Å². The van der Waals surface area contributed by atoms with Gasteiger partial charge in [-0.25, -0.2) is 0 Å². The molecular weight excluding hydrogens is 196 g/mol. The topological polar surface area (TPSA) is 24.9 Å². The van der Waals surface area contributed by atoms with Crippen LogP contribution in [-0.4, -0.2) is 16.9 Å². The molecule has 2 nitrogen and oxygen atoms in total. The summed E-state index contributed by atoms with van der Waals surface area (Å²) in [7, 11) is 0. The van der Waals surface area contributed by atoms with E-state index in [1.54, 1.807) is 0 Å². The van der Waals surface area contributed by atoms with Gasteiger partial charge in [0.25, 0.3) is 0 Å². The highest BCUT2D eigenvalue weighted by Crippen LogP contribution is 2.08. The van der Waals surface area contributed by atoms with Gasteiger partial charge in [0.1, 0.15) is 0 Å². The molecule has 1 heterocycles. The van der Waals surface area contributed by atoms with Crippen LogP contribution in [0, 0.1) is 6.92 Å². The highest BCUT2D eigenvalue weighted by molar-refractivity contribution is 6.20. The van der Waals surface area contributed by atoms with E-state index in [0.717, 1.165) is 30.8 Å². The summed E-state index contributed by atoms with van der Waals surface area (Å²) in [5.41, 5.74) is 2.18. The second-order valence-corrected chi connectivity index (χ2v) is 4.28. The minimum absolute atomic E-state index is 0.274. The third-order valence-electron chi connectivity index (χ3n) is 2.00. The molecule has 1 unspecified atom stereocenters. The Labute approximate surface area is 90.7 Å². The first-order valence-corrected chi connectivity index (χ1v) is 5.42. The normalized spacial score (nSPS) is 12.5. The lowest BCUT2D eigenvalue weighted by atomic mass is 10.2. The number of nitrogens with zero attached hydrogens (tertiary/aromatic N) is 1. The van der Waals surface area contributed by atoms with Crippen molar-refractivity contribution in [1.29, 1.82) is 0 Å². The first kappa shape index (κ1) is 11.3. The highest BCUT2D eigenvalue weighted by Gasteiger charge is 1.96. The van der Waals surface area contributed by atoms with Crippen molar-refractivity contribution in [2.24, 2.45) is 0 Å². The summed E-state index contributed by atoms with van der Waals surface area (Å²) in [5, 5.41) is 3.62. The van der Waals surface area contributed by atoms with Crippen molar-refractivity contribution >= 4 is 17.3 Å². The van der Waals surface area contributed by atoms with Crippen LogP contribution in [0.2, 0.25) is 0 Å². The Morgan fingerprint density at radius 1 is 1.57 bits per heavy atom. The Balaban J connectivity index is 2.25. The molecule has 0 bridgehead atoms. The van der Waals surface area contributed by atoms with Gasteiger partial charge in [0.05, 0.1) is 0 Å². The van der Waals surface area contributed by atoms with Crippen LogP contribution in [-0.2, 0) is 0 Å². The fraction of sp³-hybridized carbons (Fsp3) is 0.545. The number of alkyl halides is 1. The summed E-state index contributed by atoms with van der Waals surface area (Å²) < 4.78 is 0. The third kappa shape index (κ3) is 4.47. The highest BCUT2D eigenvalue weighted by atomic mass is 35.5. The van der Waals surface area contributed by atoms with Gasteiger partial charge >= 0.3 is 0 Å². The van der Waals surface area contributed by atoms with Gasteiger partial charge in [-0.15, -0.1) is 11.6 Å². The molecule has 1 aromatic heterocycles. The van der Waals surface area contributed by atoms with Gasteiger partial charge in [0, 0.05) is 29.5 Å². The molecular formula is C11H17ClN2. The summed E-state index contributed by atoms with van der Waals surface area (Å²) in [5.74, 6) is 0. The van der Waals surface area contributed by atoms with E-state index in [-0.39, 0.29) is 5.38 Å². The number of nitrogens with one attached hydrogen (secondary N) is 1. The van der Waals surface area contributed by atoms with Crippen LogP contribution in [0.1, 0.15) is 25.5 Å². The molecule has 0 spiro atoms. The van der Waals surface area contributed by atoms with E-state index in [2.05, 4.69) is 10.3 Å². The van der Waals surface area contributed by atoms with E-state index in [4.69, 9.17) is 11.6 Å². The number of hydrogen-bond donors (Lipinski definition) is 1. The zero-order chi connectivity index (χ0) is 10.4. The van der Waals surface area contributed by atoms with Crippen molar-refractivity contribution in [2.75, 3.05) is 11.9 Å². The Hall–Kier alpha value is -0.760. The van der Waals surface area contributed by atoms with Crippen molar-refractivity contribution in [2.45, 2.75) is 32.1 Å². The summed E-state index contributed by atoms with van der Waals surface area (Å²) in [6.45, 7) is 4.99. The molecule has 0 amide bonds. The number of pyridine rings is 1. The lowest BCUT2D eigenvalue weighted by molar-refractivity contribution is 0.750. The second-order valence-electron chi connectivity index (χ2n) is 3.54. The number of rotatable bonds is 5. The molecule has 78 valence electrons. The first-order chi connectivity index (χ1) is 6.68. The summed E-state index contributed by atoms with van der Waals surface area (Å²) in [4.78, 5) is 4.14. The molecule has 0 saturated carbocycles. The monoisotopic (exact) mass is 212 g/mol. The van der Waals surface area contributed by atoms with Gasteiger partial charge < -0.3 is 5.32 Å². The smallest absolute Gasteiger partial charge is 0.0393 e. The van der Waals surface area contributed by atoms with E-state index in [1.165, 1.54) is 0 Å². The lowest BCUT2D eigenvalue weighted by Gasteiger charge is -2.07. The Bertz CT molecular complexity index is 274. The minimum Gasteiger partial charge on any atom is -0.385 e. The standard InChI is InChI=1S/C11H17ClN2/c1-9(12)4-3-6-14-11-5-7-13-10(2)8-11/h5,7-9H,3-4,6H2,1-2H3,(H,13,14). The number of hydrogen-bond acceptors (Lipinski definition) is 2. The van der Waals surface area contributed by atoms with E-state index < -0.39 is 0 Å². The van der Waals surface area contributed by atoms with Gasteiger partial charge in [-0.1, -0.05) is 0 Å². The summed E-state index contributed by atoms with van der Waals surface area (Å²) in [6, 6.07) is 4.03. The molecule has 1 N–H and O–H groups in total. The molecule has 0 radical (unpaired) electrons. The molecule has 0 saturated heterocycles. The van der Waals surface area contributed by atoms with Crippen LogP contribution in [0.25, 0.3) is 0 Å². The number of halogens is 1. The summed E-state index contributed by atoms with van der Waals surface area (Å²) in [6.07, 6.45) is 3.98. The molecule has 0 aliphatic rings. The van der Waals surface area contributed by atoms with E-state index in [9.17, 15) is 0 Å². The molecule has 0 aliphatic heterocycles. The number of anilines is 1. The maximum Gasteiger partial charge on any atom is 0.0393 e. The largest absolute Gasteiger partial charge is 0.385 e. The Kier molecular flexibility index (Phi) is 4.74. The van der Waals surface area contributed by atoms with Gasteiger partial charge in [-0.3, -0.25) is 4.98 Å². The maximum absolute atomic E-state index is 5.85. The lowest BCUT2D eigenvalue weighted by Crippen LogP contribution is -2.04. The van der Waals surface area contributed by atoms with Crippen LogP contribution >= 0.6 is 11.6 Å². The fourth-order valence-electron chi connectivity index (χ4n) is 1.27. The van der Waals surface area contributed by atoms with Crippen molar-refractivity contribution in [1.82, 2.24) is 4.98 Å². The fourth-order valence-corrected chi connectivity index (χ4v) is 1.43. The molecule has 0 aromatic carbocycles.